The SMILES string of the molecule is CC1(C)C(=O)ON(Cc2cc3c(cc2Cl)OCC3)C1=O. The van der Waals surface area contributed by atoms with Crippen molar-refractivity contribution in [2.75, 3.05) is 6.61 Å². The van der Waals surface area contributed by atoms with Gasteiger partial charge in [-0.15, -0.1) is 0 Å². The molecule has 1 aromatic rings. The van der Waals surface area contributed by atoms with Gasteiger partial charge in [-0.1, -0.05) is 11.6 Å². The van der Waals surface area contributed by atoms with Gasteiger partial charge < -0.3 is 9.57 Å². The predicted molar refractivity (Wildman–Crippen MR) is 71.1 cm³/mol. The minimum atomic E-state index is -1.13. The normalized spacial score (nSPS) is 19.9. The molecule has 0 atom stereocenters. The van der Waals surface area contributed by atoms with Crippen LogP contribution < -0.4 is 4.74 Å². The van der Waals surface area contributed by atoms with E-state index in [1.54, 1.807) is 19.9 Å². The third-order valence-corrected chi connectivity index (χ3v) is 3.99. The van der Waals surface area contributed by atoms with E-state index in [1.165, 1.54) is 0 Å². The number of halogens is 1. The molecular formula is C14H14ClNO4. The smallest absolute Gasteiger partial charge is 0.347 e. The Bertz CT molecular complexity index is 611. The number of hydrogen-bond acceptors (Lipinski definition) is 4. The summed E-state index contributed by atoms with van der Waals surface area (Å²) in [5.74, 6) is -0.109. The third kappa shape index (κ3) is 1.93. The Morgan fingerprint density at radius 1 is 1.35 bits per heavy atom. The van der Waals surface area contributed by atoms with Crippen LogP contribution in [0.15, 0.2) is 12.1 Å². The maximum absolute atomic E-state index is 12.1. The van der Waals surface area contributed by atoms with Crippen LogP contribution in [0.3, 0.4) is 0 Å². The predicted octanol–water partition coefficient (Wildman–Crippen LogP) is 2.10. The molecule has 0 radical (unpaired) electrons. The molecule has 0 aliphatic carbocycles. The zero-order chi connectivity index (χ0) is 14.5. The van der Waals surface area contributed by atoms with Crippen LogP contribution >= 0.6 is 11.6 Å². The number of ether oxygens (including phenoxy) is 1. The van der Waals surface area contributed by atoms with Gasteiger partial charge in [-0.2, -0.15) is 5.06 Å². The highest BCUT2D eigenvalue weighted by Gasteiger charge is 2.49. The van der Waals surface area contributed by atoms with Gasteiger partial charge in [0.25, 0.3) is 5.91 Å². The van der Waals surface area contributed by atoms with Crippen molar-refractivity contribution in [1.29, 1.82) is 0 Å². The maximum Gasteiger partial charge on any atom is 0.347 e. The van der Waals surface area contributed by atoms with E-state index in [0.717, 1.165) is 28.4 Å². The Hall–Kier alpha value is -1.75. The molecule has 20 heavy (non-hydrogen) atoms. The second-order valence-corrected chi connectivity index (χ2v) is 5.90. The van der Waals surface area contributed by atoms with Gasteiger partial charge in [-0.25, -0.2) is 4.79 Å². The largest absolute Gasteiger partial charge is 0.493 e. The van der Waals surface area contributed by atoms with Gasteiger partial charge in [-0.3, -0.25) is 4.79 Å². The Morgan fingerprint density at radius 2 is 2.10 bits per heavy atom. The van der Waals surface area contributed by atoms with E-state index in [9.17, 15) is 9.59 Å². The number of nitrogens with zero attached hydrogens (tertiary/aromatic N) is 1. The molecular weight excluding hydrogens is 282 g/mol. The van der Waals surface area contributed by atoms with Gasteiger partial charge in [0.15, 0.2) is 0 Å². The topological polar surface area (TPSA) is 55.8 Å². The number of amides is 1. The van der Waals surface area contributed by atoms with Crippen molar-refractivity contribution in [1.82, 2.24) is 5.06 Å². The van der Waals surface area contributed by atoms with Gasteiger partial charge in [0.2, 0.25) is 0 Å². The number of carbonyl (C=O) groups excluding carboxylic acids is 2. The molecule has 0 unspecified atom stereocenters. The molecule has 6 heteroatoms. The van der Waals surface area contributed by atoms with Crippen LogP contribution in [0.4, 0.5) is 0 Å². The molecule has 0 spiro atoms. The van der Waals surface area contributed by atoms with Gasteiger partial charge in [-0.05, 0) is 37.1 Å². The van der Waals surface area contributed by atoms with Gasteiger partial charge >= 0.3 is 5.97 Å². The zero-order valence-electron chi connectivity index (χ0n) is 11.2. The lowest BCUT2D eigenvalue weighted by Crippen LogP contribution is -2.31. The van der Waals surface area contributed by atoms with Crippen LogP contribution in [-0.4, -0.2) is 23.5 Å². The maximum atomic E-state index is 12.1. The summed E-state index contributed by atoms with van der Waals surface area (Å²) >= 11 is 6.18. The lowest BCUT2D eigenvalue weighted by molar-refractivity contribution is -0.180. The molecule has 0 aromatic heterocycles. The first kappa shape index (κ1) is 13.2. The number of hydrogen-bond donors (Lipinski definition) is 0. The van der Waals surface area contributed by atoms with Crippen LogP contribution in [0.2, 0.25) is 5.02 Å². The Balaban J connectivity index is 1.86. The lowest BCUT2D eigenvalue weighted by Gasteiger charge is -2.16. The first-order valence-corrected chi connectivity index (χ1v) is 6.76. The van der Waals surface area contributed by atoms with Crippen molar-refractivity contribution in [3.05, 3.63) is 28.3 Å². The van der Waals surface area contributed by atoms with Crippen molar-refractivity contribution in [3.8, 4) is 5.75 Å². The molecule has 2 heterocycles. The monoisotopic (exact) mass is 295 g/mol. The lowest BCUT2D eigenvalue weighted by atomic mass is 9.94. The molecule has 0 saturated carbocycles. The van der Waals surface area contributed by atoms with Crippen molar-refractivity contribution in [3.63, 3.8) is 0 Å². The summed E-state index contributed by atoms with van der Waals surface area (Å²) in [5.41, 5.74) is 0.670. The molecule has 0 bridgehead atoms. The number of carbonyl (C=O) groups is 2. The second kappa shape index (κ2) is 4.38. The average Bonchev–Trinajstić information content (AvgIpc) is 2.90. The van der Waals surface area contributed by atoms with E-state index in [2.05, 4.69) is 0 Å². The van der Waals surface area contributed by atoms with Gasteiger partial charge in [0, 0.05) is 11.4 Å². The summed E-state index contributed by atoms with van der Waals surface area (Å²) in [6.45, 7) is 3.89. The Kier molecular flexibility index (Phi) is 2.90. The fraction of sp³-hybridized carbons (Fsp3) is 0.429. The fourth-order valence-corrected chi connectivity index (χ4v) is 2.50. The standard InChI is InChI=1S/C14H14ClNO4/c1-14(2)12(17)16(20-13(14)18)7-9-5-8-3-4-19-11(8)6-10(9)15/h5-6H,3-4,7H2,1-2H3. The van der Waals surface area contributed by atoms with Crippen LogP contribution in [0.5, 0.6) is 5.75 Å². The van der Waals surface area contributed by atoms with E-state index in [-0.39, 0.29) is 12.5 Å². The first-order chi connectivity index (χ1) is 9.39. The summed E-state index contributed by atoms with van der Waals surface area (Å²) in [6.07, 6.45) is 0.818. The van der Waals surface area contributed by atoms with Crippen molar-refractivity contribution < 1.29 is 19.2 Å². The number of fused-ring (bicyclic) bond motifs is 1. The molecule has 2 aliphatic heterocycles. The number of benzene rings is 1. The summed E-state index contributed by atoms with van der Waals surface area (Å²) in [7, 11) is 0. The summed E-state index contributed by atoms with van der Waals surface area (Å²) in [4.78, 5) is 28.8. The highest BCUT2D eigenvalue weighted by molar-refractivity contribution is 6.31. The molecule has 3 rings (SSSR count). The van der Waals surface area contributed by atoms with E-state index in [0.29, 0.717) is 11.6 Å². The van der Waals surface area contributed by atoms with E-state index in [4.69, 9.17) is 21.2 Å². The highest BCUT2D eigenvalue weighted by Crippen LogP contribution is 2.34. The summed E-state index contributed by atoms with van der Waals surface area (Å²) in [6, 6.07) is 3.64. The number of rotatable bonds is 2. The van der Waals surface area contributed by atoms with E-state index in [1.807, 2.05) is 6.07 Å². The molecule has 1 saturated heterocycles. The molecule has 5 nitrogen and oxygen atoms in total. The van der Waals surface area contributed by atoms with Gasteiger partial charge in [0.1, 0.15) is 11.2 Å². The van der Waals surface area contributed by atoms with Crippen LogP contribution in [0.1, 0.15) is 25.0 Å². The molecule has 1 aromatic carbocycles. The quantitative estimate of drug-likeness (QED) is 0.784. The van der Waals surface area contributed by atoms with Crippen LogP contribution in [-0.2, 0) is 27.4 Å². The molecule has 0 N–H and O–H groups in total. The van der Waals surface area contributed by atoms with Crippen LogP contribution in [0, 0.1) is 5.41 Å². The summed E-state index contributed by atoms with van der Waals surface area (Å²) < 4.78 is 5.43. The van der Waals surface area contributed by atoms with Crippen molar-refractivity contribution >= 4 is 23.5 Å². The van der Waals surface area contributed by atoms with Crippen molar-refractivity contribution in [2.24, 2.45) is 5.41 Å². The highest BCUT2D eigenvalue weighted by atomic mass is 35.5. The first-order valence-electron chi connectivity index (χ1n) is 6.38. The minimum Gasteiger partial charge on any atom is -0.493 e. The molecule has 1 amide bonds. The van der Waals surface area contributed by atoms with E-state index >= 15 is 0 Å². The Labute approximate surface area is 121 Å². The minimum absolute atomic E-state index is 0.153. The second-order valence-electron chi connectivity index (χ2n) is 5.50. The van der Waals surface area contributed by atoms with E-state index < -0.39 is 11.4 Å². The fourth-order valence-electron chi connectivity index (χ4n) is 2.29. The van der Waals surface area contributed by atoms with Gasteiger partial charge in [0.05, 0.1) is 13.2 Å². The average molecular weight is 296 g/mol. The van der Waals surface area contributed by atoms with Crippen LogP contribution in [0.25, 0.3) is 0 Å². The number of hydroxylamine groups is 2. The Morgan fingerprint density at radius 3 is 2.75 bits per heavy atom. The zero-order valence-corrected chi connectivity index (χ0v) is 12.0. The molecule has 1 fully saturated rings. The van der Waals surface area contributed by atoms with Crippen molar-refractivity contribution in [2.45, 2.75) is 26.8 Å². The summed E-state index contributed by atoms with van der Waals surface area (Å²) in [5, 5.41) is 1.57. The molecule has 106 valence electrons. The molecule has 2 aliphatic rings. The third-order valence-electron chi connectivity index (χ3n) is 3.64.